The summed E-state index contributed by atoms with van der Waals surface area (Å²) in [6, 6.07) is 21.7. The van der Waals surface area contributed by atoms with Gasteiger partial charge in [0.25, 0.3) is 15.9 Å². The lowest BCUT2D eigenvalue weighted by molar-refractivity contribution is -0.141. The molecule has 0 radical (unpaired) electrons. The highest BCUT2D eigenvalue weighted by Crippen LogP contribution is 2.30. The first-order valence-electron chi connectivity index (χ1n) is 13.7. The maximum Gasteiger partial charge on any atom is 0.269 e. The van der Waals surface area contributed by atoms with E-state index in [0.29, 0.717) is 11.4 Å². The minimum Gasteiger partial charge on any atom is -0.352 e. The van der Waals surface area contributed by atoms with Crippen LogP contribution in [0.3, 0.4) is 0 Å². The number of fused-ring (bicyclic) bond motifs is 1. The van der Waals surface area contributed by atoms with E-state index >= 15 is 0 Å². The predicted molar refractivity (Wildman–Crippen MR) is 158 cm³/mol. The summed E-state index contributed by atoms with van der Waals surface area (Å²) >= 11 is 6.08. The quantitative estimate of drug-likeness (QED) is 0.323. The summed E-state index contributed by atoms with van der Waals surface area (Å²) in [5.41, 5.74) is 1.83. The van der Waals surface area contributed by atoms with Crippen molar-refractivity contribution in [2.75, 3.05) is 6.54 Å². The second-order valence-corrected chi connectivity index (χ2v) is 12.4. The van der Waals surface area contributed by atoms with Crippen molar-refractivity contribution in [3.05, 3.63) is 101 Å². The van der Waals surface area contributed by atoms with Gasteiger partial charge < -0.3 is 10.2 Å². The van der Waals surface area contributed by atoms with Gasteiger partial charge >= 0.3 is 0 Å². The summed E-state index contributed by atoms with van der Waals surface area (Å²) in [4.78, 5) is 41.7. The smallest absolute Gasteiger partial charge is 0.269 e. The molecule has 1 aliphatic rings. The molecule has 216 valence electrons. The molecule has 2 atom stereocenters. The van der Waals surface area contributed by atoms with Crippen LogP contribution in [0.5, 0.6) is 0 Å². The van der Waals surface area contributed by atoms with Crippen molar-refractivity contribution >= 4 is 39.3 Å². The molecule has 1 N–H and O–H groups in total. The van der Waals surface area contributed by atoms with Crippen molar-refractivity contribution in [2.24, 2.45) is 0 Å². The van der Waals surface area contributed by atoms with E-state index in [1.165, 1.54) is 12.1 Å². The Bertz CT molecular complexity index is 1500. The second-order valence-electron chi connectivity index (χ2n) is 10.2. The van der Waals surface area contributed by atoms with E-state index in [1.807, 2.05) is 56.3 Å². The topological polar surface area (TPSA) is 104 Å². The Kier molecular flexibility index (Phi) is 9.83. The lowest BCUT2D eigenvalue weighted by Gasteiger charge is -2.32. The van der Waals surface area contributed by atoms with Gasteiger partial charge in [0.15, 0.2) is 0 Å². The van der Waals surface area contributed by atoms with Crippen molar-refractivity contribution < 1.29 is 22.8 Å². The van der Waals surface area contributed by atoms with Crippen molar-refractivity contribution in [2.45, 2.75) is 63.1 Å². The van der Waals surface area contributed by atoms with Gasteiger partial charge in [0.1, 0.15) is 10.9 Å². The molecule has 0 bridgehead atoms. The first-order valence-corrected chi connectivity index (χ1v) is 15.5. The Morgan fingerprint density at radius 2 is 1.61 bits per heavy atom. The maximum atomic E-state index is 13.8. The summed E-state index contributed by atoms with van der Waals surface area (Å²) in [6.45, 7) is 3.90. The van der Waals surface area contributed by atoms with Crippen LogP contribution in [0.25, 0.3) is 0 Å². The highest BCUT2D eigenvalue weighted by Gasteiger charge is 2.40. The third-order valence-corrected chi connectivity index (χ3v) is 9.29. The molecule has 3 amide bonds. The number of hydrogen-bond acceptors (Lipinski definition) is 5. The third-order valence-electron chi connectivity index (χ3n) is 7.20. The van der Waals surface area contributed by atoms with Gasteiger partial charge in [-0.05, 0) is 55.2 Å². The number of hydrogen-bond donors (Lipinski definition) is 1. The van der Waals surface area contributed by atoms with Crippen molar-refractivity contribution in [1.29, 1.82) is 0 Å². The minimum absolute atomic E-state index is 0.0228. The third kappa shape index (κ3) is 7.15. The fourth-order valence-electron chi connectivity index (χ4n) is 4.75. The van der Waals surface area contributed by atoms with E-state index in [0.717, 1.165) is 21.9 Å². The minimum atomic E-state index is -3.97. The molecule has 41 heavy (non-hydrogen) atoms. The van der Waals surface area contributed by atoms with Gasteiger partial charge in [-0.1, -0.05) is 73.1 Å². The second kappa shape index (κ2) is 13.3. The summed E-state index contributed by atoms with van der Waals surface area (Å²) in [5, 5.41) is 3.58. The molecule has 4 rings (SSSR count). The average molecular weight is 596 g/mol. The van der Waals surface area contributed by atoms with Gasteiger partial charge in [-0.3, -0.25) is 14.4 Å². The van der Waals surface area contributed by atoms with Crippen LogP contribution in [-0.4, -0.2) is 54.0 Å². The molecule has 8 nitrogen and oxygen atoms in total. The Morgan fingerprint density at radius 3 is 2.27 bits per heavy atom. The molecule has 0 aromatic heterocycles. The van der Waals surface area contributed by atoms with Gasteiger partial charge in [0.2, 0.25) is 11.8 Å². The molecular weight excluding hydrogens is 562 g/mol. The number of carbonyl (C=O) groups is 3. The summed E-state index contributed by atoms with van der Waals surface area (Å²) in [7, 11) is -3.97. The first kappa shape index (κ1) is 30.3. The number of nitrogens with zero attached hydrogens (tertiary/aromatic N) is 2. The largest absolute Gasteiger partial charge is 0.352 e. The zero-order valence-corrected chi connectivity index (χ0v) is 24.7. The molecule has 0 unspecified atom stereocenters. The fourth-order valence-corrected chi connectivity index (χ4v) is 6.48. The van der Waals surface area contributed by atoms with Crippen LogP contribution in [0.1, 0.15) is 54.6 Å². The molecule has 0 saturated carbocycles. The molecule has 1 aliphatic heterocycles. The molecule has 0 spiro atoms. The summed E-state index contributed by atoms with van der Waals surface area (Å²) in [5.74, 6) is -1.18. The molecule has 3 aromatic carbocycles. The number of amides is 3. The van der Waals surface area contributed by atoms with Crippen LogP contribution in [0.4, 0.5) is 0 Å². The van der Waals surface area contributed by atoms with Crippen LogP contribution in [-0.2, 0) is 32.6 Å². The lowest BCUT2D eigenvalue weighted by atomic mass is 10.0. The Balaban J connectivity index is 1.57. The van der Waals surface area contributed by atoms with E-state index in [9.17, 15) is 22.8 Å². The summed E-state index contributed by atoms with van der Waals surface area (Å²) in [6.07, 6.45) is 1.09. The van der Waals surface area contributed by atoms with Gasteiger partial charge in [-0.25, -0.2) is 12.7 Å². The molecule has 3 aromatic rings. The van der Waals surface area contributed by atoms with Crippen LogP contribution in [0, 0.1) is 0 Å². The van der Waals surface area contributed by atoms with Gasteiger partial charge in [-0.15, -0.1) is 0 Å². The van der Waals surface area contributed by atoms with Gasteiger partial charge in [0.05, 0.1) is 5.56 Å². The normalized spacial score (nSPS) is 15.2. The van der Waals surface area contributed by atoms with E-state index in [2.05, 4.69) is 5.32 Å². The SMILES string of the molecule is CC[C@H](C)NC(=O)[C@@H](Cc1ccccc1)N(Cc1ccc(Cl)cc1)C(=O)CCCN1C(=O)c2ccccc2S1(=O)=O. The van der Waals surface area contributed by atoms with E-state index in [4.69, 9.17) is 11.6 Å². The molecule has 10 heteroatoms. The van der Waals surface area contributed by atoms with Crippen molar-refractivity contribution in [3.8, 4) is 0 Å². The lowest BCUT2D eigenvalue weighted by Crippen LogP contribution is -2.52. The molecule has 0 fully saturated rings. The molecule has 0 saturated heterocycles. The predicted octanol–water partition coefficient (Wildman–Crippen LogP) is 4.82. The monoisotopic (exact) mass is 595 g/mol. The standard InChI is InChI=1S/C31H34ClN3O5S/c1-3-22(2)33-30(37)27(20-23-10-5-4-6-11-23)34(21-24-15-17-25(32)18-16-24)29(36)14-9-19-35-31(38)26-12-7-8-13-28(26)41(35,39)40/h4-8,10-13,15-18,22,27H,3,9,14,19-21H2,1-2H3,(H,33,37)/t22-,27+/m0/s1. The van der Waals surface area contributed by atoms with Crippen molar-refractivity contribution in [3.63, 3.8) is 0 Å². The zero-order valence-electron chi connectivity index (χ0n) is 23.1. The number of rotatable bonds is 12. The molecule has 1 heterocycles. The zero-order chi connectivity index (χ0) is 29.6. The van der Waals surface area contributed by atoms with Gasteiger partial charge in [-0.2, -0.15) is 0 Å². The number of halogens is 1. The summed E-state index contributed by atoms with van der Waals surface area (Å²) < 4.78 is 26.7. The van der Waals surface area contributed by atoms with Crippen LogP contribution in [0.2, 0.25) is 5.02 Å². The number of nitrogens with one attached hydrogen (secondary N) is 1. The first-order chi connectivity index (χ1) is 19.6. The van der Waals surface area contributed by atoms with Gasteiger partial charge in [0, 0.05) is 37.0 Å². The Labute approximate surface area is 246 Å². The Morgan fingerprint density at radius 1 is 0.951 bits per heavy atom. The molecular formula is C31H34ClN3O5S. The van der Waals surface area contributed by atoms with Crippen LogP contribution in [0.15, 0.2) is 83.8 Å². The van der Waals surface area contributed by atoms with Crippen LogP contribution >= 0.6 is 11.6 Å². The number of sulfonamides is 1. The number of carbonyl (C=O) groups excluding carboxylic acids is 3. The fraction of sp³-hybridized carbons (Fsp3) is 0.323. The maximum absolute atomic E-state index is 13.8. The van der Waals surface area contributed by atoms with E-state index in [-0.39, 0.29) is 54.2 Å². The Hall–Kier alpha value is -3.69. The van der Waals surface area contributed by atoms with Crippen LogP contribution < -0.4 is 5.32 Å². The number of benzene rings is 3. The molecule has 0 aliphatic carbocycles. The van der Waals surface area contributed by atoms with Crippen molar-refractivity contribution in [1.82, 2.24) is 14.5 Å². The van der Waals surface area contributed by atoms with E-state index in [1.54, 1.807) is 29.2 Å². The highest BCUT2D eigenvalue weighted by molar-refractivity contribution is 7.90. The average Bonchev–Trinajstić information content (AvgIpc) is 3.16. The van der Waals surface area contributed by atoms with E-state index < -0.39 is 22.0 Å². The highest BCUT2D eigenvalue weighted by atomic mass is 35.5.